The molecule has 82 valence electrons. The number of benzene rings is 1. The van der Waals surface area contributed by atoms with Crippen molar-refractivity contribution < 1.29 is 5.32 Å². The molecule has 1 aliphatic rings. The Hall–Kier alpha value is -0.820. The van der Waals surface area contributed by atoms with E-state index >= 15 is 0 Å². The fraction of sp³-hybridized carbons (Fsp3) is 0.571. The maximum Gasteiger partial charge on any atom is 0.0859 e. The van der Waals surface area contributed by atoms with Crippen molar-refractivity contribution in [3.05, 3.63) is 35.9 Å². The Bertz CT molecular complexity index is 262. The third kappa shape index (κ3) is 3.67. The zero-order valence-corrected chi connectivity index (χ0v) is 9.49. The van der Waals surface area contributed by atoms with Crippen molar-refractivity contribution in [2.24, 2.45) is 0 Å². The van der Waals surface area contributed by atoms with Crippen LogP contribution < -0.4 is 5.32 Å². The standard InChI is InChI=1S/C14H21N/c1-2-7-13(8-3-1)9-6-11-14-10-4-5-12-15-14/h1-3,7-8,14-15H,4-6,9-12H2/p+1/t14-/m1/s1. The fourth-order valence-electron chi connectivity index (χ4n) is 2.50. The SMILES string of the molecule is c1ccc(CCC[C@H]2CCCC[NH2+]2)cc1. The maximum absolute atomic E-state index is 2.55. The van der Waals surface area contributed by atoms with Gasteiger partial charge in [-0.1, -0.05) is 30.3 Å². The lowest BCUT2D eigenvalue weighted by molar-refractivity contribution is -0.698. The van der Waals surface area contributed by atoms with Gasteiger partial charge in [0.25, 0.3) is 0 Å². The van der Waals surface area contributed by atoms with E-state index in [0.717, 1.165) is 6.04 Å². The van der Waals surface area contributed by atoms with Gasteiger partial charge in [-0.15, -0.1) is 0 Å². The summed E-state index contributed by atoms with van der Waals surface area (Å²) in [7, 11) is 0. The van der Waals surface area contributed by atoms with Crippen LogP contribution in [-0.2, 0) is 6.42 Å². The van der Waals surface area contributed by atoms with E-state index < -0.39 is 0 Å². The molecule has 0 saturated carbocycles. The lowest BCUT2D eigenvalue weighted by Gasteiger charge is -2.19. The van der Waals surface area contributed by atoms with Gasteiger partial charge in [0, 0.05) is 0 Å². The summed E-state index contributed by atoms with van der Waals surface area (Å²) in [6, 6.07) is 11.8. The van der Waals surface area contributed by atoms with E-state index in [1.807, 2.05) is 0 Å². The average Bonchev–Trinajstić information content (AvgIpc) is 2.32. The molecule has 1 aromatic carbocycles. The van der Waals surface area contributed by atoms with Gasteiger partial charge in [0.2, 0.25) is 0 Å². The zero-order chi connectivity index (χ0) is 10.3. The van der Waals surface area contributed by atoms with Crippen LogP contribution in [0, 0.1) is 0 Å². The third-order valence-electron chi connectivity index (χ3n) is 3.41. The molecule has 15 heavy (non-hydrogen) atoms. The second-order valence-electron chi connectivity index (χ2n) is 4.66. The molecule has 0 unspecified atom stereocenters. The van der Waals surface area contributed by atoms with Crippen LogP contribution in [0.25, 0.3) is 0 Å². The molecular formula is C14H22N+. The van der Waals surface area contributed by atoms with Crippen molar-refractivity contribution >= 4 is 0 Å². The minimum Gasteiger partial charge on any atom is -0.344 e. The first-order valence-electron chi connectivity index (χ1n) is 6.32. The molecule has 1 nitrogen and oxygen atoms in total. The van der Waals surface area contributed by atoms with Crippen LogP contribution in [0.15, 0.2) is 30.3 Å². The van der Waals surface area contributed by atoms with E-state index in [1.165, 1.54) is 50.6 Å². The van der Waals surface area contributed by atoms with Crippen molar-refractivity contribution in [1.29, 1.82) is 0 Å². The maximum atomic E-state index is 2.55. The molecule has 0 spiro atoms. The van der Waals surface area contributed by atoms with Crippen LogP contribution in [0.4, 0.5) is 0 Å². The molecule has 1 heteroatoms. The van der Waals surface area contributed by atoms with E-state index in [-0.39, 0.29) is 0 Å². The molecule has 1 aromatic rings. The van der Waals surface area contributed by atoms with Crippen LogP contribution in [0.5, 0.6) is 0 Å². The Morgan fingerprint density at radius 3 is 2.73 bits per heavy atom. The van der Waals surface area contributed by atoms with Crippen LogP contribution in [0.3, 0.4) is 0 Å². The summed E-state index contributed by atoms with van der Waals surface area (Å²) in [5.41, 5.74) is 1.49. The van der Waals surface area contributed by atoms with E-state index in [4.69, 9.17) is 0 Å². The van der Waals surface area contributed by atoms with Crippen molar-refractivity contribution in [2.45, 2.75) is 44.6 Å². The van der Waals surface area contributed by atoms with Crippen molar-refractivity contribution in [3.63, 3.8) is 0 Å². The molecule has 1 aliphatic heterocycles. The molecule has 0 aliphatic carbocycles. The van der Waals surface area contributed by atoms with Gasteiger partial charge in [0.15, 0.2) is 0 Å². The topological polar surface area (TPSA) is 16.6 Å². The van der Waals surface area contributed by atoms with Gasteiger partial charge in [0.1, 0.15) is 0 Å². The Balaban J connectivity index is 1.66. The third-order valence-corrected chi connectivity index (χ3v) is 3.41. The molecule has 1 saturated heterocycles. The Kier molecular flexibility index (Phi) is 4.22. The highest BCUT2D eigenvalue weighted by atomic mass is 14.9. The predicted molar refractivity (Wildman–Crippen MR) is 63.8 cm³/mol. The van der Waals surface area contributed by atoms with Gasteiger partial charge < -0.3 is 5.32 Å². The lowest BCUT2D eigenvalue weighted by atomic mass is 9.98. The van der Waals surface area contributed by atoms with E-state index in [9.17, 15) is 0 Å². The van der Waals surface area contributed by atoms with Gasteiger partial charge in [-0.25, -0.2) is 0 Å². The van der Waals surface area contributed by atoms with Gasteiger partial charge in [-0.2, -0.15) is 0 Å². The molecule has 0 bridgehead atoms. The Morgan fingerprint density at radius 2 is 2.00 bits per heavy atom. The Labute approximate surface area is 92.9 Å². The quantitative estimate of drug-likeness (QED) is 0.773. The molecule has 1 atom stereocenters. The van der Waals surface area contributed by atoms with Crippen LogP contribution >= 0.6 is 0 Å². The highest BCUT2D eigenvalue weighted by Crippen LogP contribution is 2.10. The first-order chi connectivity index (χ1) is 7.45. The minimum atomic E-state index is 0.919. The highest BCUT2D eigenvalue weighted by Gasteiger charge is 2.15. The van der Waals surface area contributed by atoms with Gasteiger partial charge in [-0.05, 0) is 44.1 Å². The molecule has 0 amide bonds. The van der Waals surface area contributed by atoms with Crippen LogP contribution in [-0.4, -0.2) is 12.6 Å². The molecule has 0 aromatic heterocycles. The van der Waals surface area contributed by atoms with Gasteiger partial charge in [0.05, 0.1) is 12.6 Å². The van der Waals surface area contributed by atoms with Crippen LogP contribution in [0.2, 0.25) is 0 Å². The summed E-state index contributed by atoms with van der Waals surface area (Å²) in [5.74, 6) is 0. The minimum absolute atomic E-state index is 0.919. The zero-order valence-electron chi connectivity index (χ0n) is 9.49. The second-order valence-corrected chi connectivity index (χ2v) is 4.66. The first kappa shape index (κ1) is 10.7. The van der Waals surface area contributed by atoms with E-state index in [1.54, 1.807) is 0 Å². The molecular weight excluding hydrogens is 182 g/mol. The monoisotopic (exact) mass is 204 g/mol. The average molecular weight is 204 g/mol. The van der Waals surface area contributed by atoms with Crippen LogP contribution in [0.1, 0.15) is 37.7 Å². The van der Waals surface area contributed by atoms with Crippen molar-refractivity contribution in [1.82, 2.24) is 0 Å². The predicted octanol–water partition coefficient (Wildman–Crippen LogP) is 2.13. The molecule has 2 rings (SSSR count). The fourth-order valence-corrected chi connectivity index (χ4v) is 2.50. The number of hydrogen-bond acceptors (Lipinski definition) is 0. The number of hydrogen-bond donors (Lipinski definition) is 1. The number of piperidine rings is 1. The number of nitrogens with two attached hydrogens (primary N) is 1. The number of quaternary nitrogens is 1. The normalized spacial score (nSPS) is 21.5. The smallest absolute Gasteiger partial charge is 0.0859 e. The number of aryl methyl sites for hydroxylation is 1. The summed E-state index contributed by atoms with van der Waals surface area (Å²) < 4.78 is 0. The summed E-state index contributed by atoms with van der Waals surface area (Å²) >= 11 is 0. The summed E-state index contributed by atoms with van der Waals surface area (Å²) in [6.07, 6.45) is 8.32. The molecule has 1 fully saturated rings. The van der Waals surface area contributed by atoms with E-state index in [0.29, 0.717) is 0 Å². The first-order valence-corrected chi connectivity index (χ1v) is 6.32. The van der Waals surface area contributed by atoms with Crippen molar-refractivity contribution in [3.8, 4) is 0 Å². The number of rotatable bonds is 4. The second kappa shape index (κ2) is 5.92. The Morgan fingerprint density at radius 1 is 1.13 bits per heavy atom. The summed E-state index contributed by atoms with van der Waals surface area (Å²) in [6.45, 7) is 1.36. The summed E-state index contributed by atoms with van der Waals surface area (Å²) in [4.78, 5) is 0. The lowest BCUT2D eigenvalue weighted by Crippen LogP contribution is -2.91. The van der Waals surface area contributed by atoms with E-state index in [2.05, 4.69) is 35.6 Å². The molecule has 0 radical (unpaired) electrons. The largest absolute Gasteiger partial charge is 0.344 e. The van der Waals surface area contributed by atoms with Crippen molar-refractivity contribution in [2.75, 3.05) is 6.54 Å². The molecule has 2 N–H and O–H groups in total. The van der Waals surface area contributed by atoms with Gasteiger partial charge >= 0.3 is 0 Å². The summed E-state index contributed by atoms with van der Waals surface area (Å²) in [5, 5.41) is 2.55. The molecule has 1 heterocycles. The van der Waals surface area contributed by atoms with Gasteiger partial charge in [-0.3, -0.25) is 0 Å². The highest BCUT2D eigenvalue weighted by molar-refractivity contribution is 5.14.